The molecule has 0 atom stereocenters. The van der Waals surface area contributed by atoms with E-state index in [2.05, 4.69) is 16.2 Å². The predicted molar refractivity (Wildman–Crippen MR) is 82.2 cm³/mol. The van der Waals surface area contributed by atoms with Crippen LogP contribution in [0.4, 0.5) is 0 Å². The van der Waals surface area contributed by atoms with Gasteiger partial charge in [0.25, 0.3) is 5.91 Å². The molecular weight excluding hydrogens is 298 g/mol. The van der Waals surface area contributed by atoms with E-state index in [1.807, 2.05) is 13.8 Å². The van der Waals surface area contributed by atoms with E-state index in [9.17, 15) is 9.59 Å². The fourth-order valence-corrected chi connectivity index (χ4v) is 1.79. The average Bonchev–Trinajstić information content (AvgIpc) is 2.35. The first-order valence-electron chi connectivity index (χ1n) is 6.05. The second-order valence-electron chi connectivity index (χ2n) is 4.53. The molecule has 108 valence electrons. The van der Waals surface area contributed by atoms with E-state index in [0.717, 1.165) is 0 Å². The third kappa shape index (κ3) is 5.54. The maximum absolute atomic E-state index is 11.8. The first-order chi connectivity index (χ1) is 9.40. The number of hydrogen-bond acceptors (Lipinski definition) is 3. The van der Waals surface area contributed by atoms with Crippen LogP contribution in [-0.4, -0.2) is 16.9 Å². The Morgan fingerprint density at radius 3 is 2.50 bits per heavy atom. The van der Waals surface area contributed by atoms with Crippen LogP contribution in [0.15, 0.2) is 24.3 Å². The molecule has 1 aromatic rings. The third-order valence-electron chi connectivity index (χ3n) is 2.25. The van der Waals surface area contributed by atoms with Gasteiger partial charge in [-0.15, -0.1) is 0 Å². The number of amides is 2. The number of halogens is 1. The Morgan fingerprint density at radius 2 is 1.90 bits per heavy atom. The van der Waals surface area contributed by atoms with Crippen LogP contribution in [-0.2, 0) is 4.79 Å². The van der Waals surface area contributed by atoms with E-state index in [4.69, 9.17) is 23.8 Å². The smallest absolute Gasteiger partial charge is 0.271 e. The van der Waals surface area contributed by atoms with Crippen molar-refractivity contribution < 1.29 is 9.59 Å². The molecular formula is C13H16ClN3O2S. The highest BCUT2D eigenvalue weighted by Gasteiger charge is 2.10. The van der Waals surface area contributed by atoms with Crippen LogP contribution in [0.5, 0.6) is 0 Å². The Labute approximate surface area is 128 Å². The molecule has 0 unspecified atom stereocenters. The fourth-order valence-electron chi connectivity index (χ4n) is 1.41. The van der Waals surface area contributed by atoms with Crippen LogP contribution in [0, 0.1) is 5.92 Å². The van der Waals surface area contributed by atoms with Gasteiger partial charge < -0.3 is 5.32 Å². The quantitative estimate of drug-likeness (QED) is 0.590. The lowest BCUT2D eigenvalue weighted by molar-refractivity contribution is -0.120. The molecule has 0 aliphatic carbocycles. The van der Waals surface area contributed by atoms with E-state index in [1.54, 1.807) is 24.3 Å². The van der Waals surface area contributed by atoms with Gasteiger partial charge in [-0.3, -0.25) is 20.4 Å². The normalized spacial score (nSPS) is 10.0. The number of benzene rings is 1. The SMILES string of the molecule is CC(C)CC(=O)NC(=S)NNC(=O)c1ccccc1Cl. The van der Waals surface area contributed by atoms with Gasteiger partial charge in [-0.05, 0) is 30.3 Å². The molecule has 3 N–H and O–H groups in total. The first-order valence-corrected chi connectivity index (χ1v) is 6.83. The van der Waals surface area contributed by atoms with Gasteiger partial charge in [0.2, 0.25) is 5.91 Å². The molecule has 5 nitrogen and oxygen atoms in total. The van der Waals surface area contributed by atoms with Crippen LogP contribution in [0.2, 0.25) is 5.02 Å². The molecule has 0 aromatic heterocycles. The molecule has 7 heteroatoms. The first kappa shape index (κ1) is 16.4. The summed E-state index contributed by atoms with van der Waals surface area (Å²) in [4.78, 5) is 23.3. The van der Waals surface area contributed by atoms with E-state index < -0.39 is 5.91 Å². The third-order valence-corrected chi connectivity index (χ3v) is 2.79. The summed E-state index contributed by atoms with van der Waals surface area (Å²) in [6.45, 7) is 3.85. The van der Waals surface area contributed by atoms with Crippen molar-refractivity contribution in [3.05, 3.63) is 34.9 Å². The van der Waals surface area contributed by atoms with E-state index in [1.165, 1.54) is 0 Å². The molecule has 0 bridgehead atoms. The van der Waals surface area contributed by atoms with Gasteiger partial charge >= 0.3 is 0 Å². The molecule has 0 saturated carbocycles. The Morgan fingerprint density at radius 1 is 1.25 bits per heavy atom. The summed E-state index contributed by atoms with van der Waals surface area (Å²) < 4.78 is 0. The molecule has 1 aromatic carbocycles. The zero-order chi connectivity index (χ0) is 15.1. The molecule has 0 saturated heterocycles. The van der Waals surface area contributed by atoms with Crippen molar-refractivity contribution in [1.82, 2.24) is 16.2 Å². The molecule has 1 rings (SSSR count). The van der Waals surface area contributed by atoms with Gasteiger partial charge in [-0.25, -0.2) is 0 Å². The molecule has 2 amide bonds. The number of carbonyl (C=O) groups excluding carboxylic acids is 2. The van der Waals surface area contributed by atoms with Gasteiger partial charge in [0.05, 0.1) is 10.6 Å². The highest BCUT2D eigenvalue weighted by atomic mass is 35.5. The lowest BCUT2D eigenvalue weighted by Gasteiger charge is -2.12. The van der Waals surface area contributed by atoms with Crippen molar-refractivity contribution in [2.24, 2.45) is 5.92 Å². The zero-order valence-electron chi connectivity index (χ0n) is 11.2. The Bertz CT molecular complexity index is 520. The minimum absolute atomic E-state index is 0.0380. The Hall–Kier alpha value is -1.66. The van der Waals surface area contributed by atoms with E-state index in [0.29, 0.717) is 17.0 Å². The van der Waals surface area contributed by atoms with Gasteiger partial charge in [-0.1, -0.05) is 37.6 Å². The second-order valence-corrected chi connectivity index (χ2v) is 5.35. The highest BCUT2D eigenvalue weighted by molar-refractivity contribution is 7.80. The van der Waals surface area contributed by atoms with E-state index in [-0.39, 0.29) is 16.9 Å². The van der Waals surface area contributed by atoms with Crippen molar-refractivity contribution in [2.45, 2.75) is 20.3 Å². The summed E-state index contributed by atoms with van der Waals surface area (Å²) in [6, 6.07) is 6.62. The Balaban J connectivity index is 2.44. The monoisotopic (exact) mass is 313 g/mol. The average molecular weight is 314 g/mol. The van der Waals surface area contributed by atoms with Gasteiger partial charge in [0, 0.05) is 6.42 Å². The highest BCUT2D eigenvalue weighted by Crippen LogP contribution is 2.13. The van der Waals surface area contributed by atoms with Gasteiger partial charge in [0.1, 0.15) is 0 Å². The number of nitrogens with one attached hydrogen (secondary N) is 3. The standard InChI is InChI=1S/C13H16ClN3O2S/c1-8(2)7-11(18)15-13(20)17-16-12(19)9-5-3-4-6-10(9)14/h3-6,8H,7H2,1-2H3,(H,16,19)(H2,15,17,18,20). The largest absolute Gasteiger partial charge is 0.302 e. The van der Waals surface area contributed by atoms with Crippen molar-refractivity contribution in [2.75, 3.05) is 0 Å². The molecule has 0 aliphatic rings. The molecule has 0 radical (unpaired) electrons. The minimum atomic E-state index is -0.434. The van der Waals surface area contributed by atoms with Crippen molar-refractivity contribution >= 4 is 40.7 Å². The summed E-state index contributed by atoms with van der Waals surface area (Å²) in [5.74, 6) is -0.406. The fraction of sp³-hybridized carbons (Fsp3) is 0.308. The number of carbonyl (C=O) groups is 2. The maximum atomic E-state index is 11.8. The summed E-state index contributed by atoms with van der Waals surface area (Å²) >= 11 is 10.8. The van der Waals surface area contributed by atoms with Crippen molar-refractivity contribution in [3.8, 4) is 0 Å². The summed E-state index contributed by atoms with van der Waals surface area (Å²) in [7, 11) is 0. The number of rotatable bonds is 3. The van der Waals surface area contributed by atoms with Crippen LogP contribution < -0.4 is 16.2 Å². The van der Waals surface area contributed by atoms with Crippen molar-refractivity contribution in [1.29, 1.82) is 0 Å². The van der Waals surface area contributed by atoms with Crippen LogP contribution in [0.25, 0.3) is 0 Å². The van der Waals surface area contributed by atoms with Gasteiger partial charge in [-0.2, -0.15) is 0 Å². The topological polar surface area (TPSA) is 70.2 Å². The van der Waals surface area contributed by atoms with E-state index >= 15 is 0 Å². The number of hydrazine groups is 1. The minimum Gasteiger partial charge on any atom is -0.302 e. The number of thiocarbonyl (C=S) groups is 1. The van der Waals surface area contributed by atoms with Crippen LogP contribution >= 0.6 is 23.8 Å². The summed E-state index contributed by atoms with van der Waals surface area (Å²) in [5, 5.41) is 2.84. The second kappa shape index (κ2) is 7.81. The lowest BCUT2D eigenvalue weighted by Crippen LogP contribution is -2.48. The lowest BCUT2D eigenvalue weighted by atomic mass is 10.1. The molecule has 20 heavy (non-hydrogen) atoms. The molecule has 0 fully saturated rings. The molecule has 0 heterocycles. The maximum Gasteiger partial charge on any atom is 0.271 e. The Kier molecular flexibility index (Phi) is 6.41. The summed E-state index contributed by atoms with van der Waals surface area (Å²) in [5.41, 5.74) is 5.14. The summed E-state index contributed by atoms with van der Waals surface area (Å²) in [6.07, 6.45) is 0.361. The molecule has 0 spiro atoms. The van der Waals surface area contributed by atoms with Crippen molar-refractivity contribution in [3.63, 3.8) is 0 Å². The number of hydrogen-bond donors (Lipinski definition) is 3. The predicted octanol–water partition coefficient (Wildman–Crippen LogP) is 2.02. The molecule has 0 aliphatic heterocycles. The van der Waals surface area contributed by atoms with Gasteiger partial charge in [0.15, 0.2) is 5.11 Å². The zero-order valence-corrected chi connectivity index (χ0v) is 12.8. The van der Waals surface area contributed by atoms with Crippen LogP contribution in [0.1, 0.15) is 30.6 Å². The van der Waals surface area contributed by atoms with Crippen LogP contribution in [0.3, 0.4) is 0 Å².